The third-order valence-corrected chi connectivity index (χ3v) is 5.17. The molecule has 0 aliphatic rings. The minimum absolute atomic E-state index is 0.0240. The summed E-state index contributed by atoms with van der Waals surface area (Å²) in [5, 5.41) is 12.5. The Morgan fingerprint density at radius 3 is 2.50 bits per heavy atom. The summed E-state index contributed by atoms with van der Waals surface area (Å²) < 4.78 is 38.4. The van der Waals surface area contributed by atoms with Crippen molar-refractivity contribution >= 4 is 21.7 Å². The molecule has 8 nitrogen and oxygen atoms in total. The van der Waals surface area contributed by atoms with Crippen molar-refractivity contribution in [2.75, 3.05) is 25.7 Å². The third kappa shape index (κ3) is 5.69. The average molecular weight is 408 g/mol. The molecule has 0 saturated carbocycles. The van der Waals surface area contributed by atoms with Crippen molar-refractivity contribution < 1.29 is 27.8 Å². The van der Waals surface area contributed by atoms with Crippen molar-refractivity contribution in [1.29, 1.82) is 0 Å². The first-order valence-corrected chi connectivity index (χ1v) is 10.2. The van der Waals surface area contributed by atoms with Crippen LogP contribution in [-0.2, 0) is 14.8 Å². The second kappa shape index (κ2) is 10.1. The van der Waals surface area contributed by atoms with Crippen LogP contribution in [0.5, 0.6) is 11.5 Å². The Balaban J connectivity index is 2.61. The molecular weight excluding hydrogens is 384 g/mol. The highest BCUT2D eigenvalue weighted by molar-refractivity contribution is 7.89. The summed E-state index contributed by atoms with van der Waals surface area (Å²) in [5.41, 5.74) is 0.118. The molecule has 0 radical (unpaired) electrons. The average Bonchev–Trinajstić information content (AvgIpc) is 2.68. The molecule has 0 spiro atoms. The van der Waals surface area contributed by atoms with Crippen LogP contribution in [-0.4, -0.2) is 39.9 Å². The first kappa shape index (κ1) is 21.7. The number of hydrogen-bond acceptors (Lipinski definition) is 6. The van der Waals surface area contributed by atoms with Crippen molar-refractivity contribution in [3.63, 3.8) is 0 Å². The van der Waals surface area contributed by atoms with Crippen LogP contribution in [0.2, 0.25) is 0 Å². The molecule has 0 aliphatic carbocycles. The molecule has 2 rings (SSSR count). The number of ether oxygens (including phenoxy) is 2. The minimum Gasteiger partial charge on any atom is -0.478 e. The van der Waals surface area contributed by atoms with Gasteiger partial charge in [0.1, 0.15) is 17.4 Å². The fraction of sp³-hybridized carbons (Fsp3) is 0.316. The molecule has 0 unspecified atom stereocenters. The number of carbonyl (C=O) groups is 1. The number of aromatic carboxylic acids is 1. The molecular formula is C19H24N2O6S. The van der Waals surface area contributed by atoms with Gasteiger partial charge >= 0.3 is 5.97 Å². The monoisotopic (exact) mass is 408 g/mol. The maximum absolute atomic E-state index is 12.8. The van der Waals surface area contributed by atoms with Gasteiger partial charge in [-0.15, -0.1) is 0 Å². The molecule has 0 aliphatic heterocycles. The first-order valence-electron chi connectivity index (χ1n) is 8.75. The third-order valence-electron chi connectivity index (χ3n) is 3.79. The van der Waals surface area contributed by atoms with E-state index >= 15 is 0 Å². The van der Waals surface area contributed by atoms with Gasteiger partial charge in [0, 0.05) is 13.7 Å². The van der Waals surface area contributed by atoms with Gasteiger partial charge < -0.3 is 19.9 Å². The zero-order valence-corrected chi connectivity index (χ0v) is 16.6. The number of nitrogens with one attached hydrogen (secondary N) is 2. The van der Waals surface area contributed by atoms with Crippen molar-refractivity contribution in [3.05, 3.63) is 48.0 Å². The summed E-state index contributed by atoms with van der Waals surface area (Å²) in [6.45, 7) is 2.29. The maximum atomic E-state index is 12.8. The number of rotatable bonds is 11. The quantitative estimate of drug-likeness (QED) is 0.386. The van der Waals surface area contributed by atoms with Gasteiger partial charge in [-0.25, -0.2) is 13.2 Å². The van der Waals surface area contributed by atoms with E-state index in [4.69, 9.17) is 9.47 Å². The van der Waals surface area contributed by atoms with E-state index in [1.807, 2.05) is 6.92 Å². The highest BCUT2D eigenvalue weighted by Crippen LogP contribution is 2.37. The lowest BCUT2D eigenvalue weighted by Crippen LogP contribution is -2.26. The molecule has 0 heterocycles. The summed E-state index contributed by atoms with van der Waals surface area (Å²) >= 11 is 0. The van der Waals surface area contributed by atoms with Gasteiger partial charge in [-0.1, -0.05) is 31.5 Å². The predicted octanol–water partition coefficient (Wildman–Crippen LogP) is 3.27. The number of hydrogen-bond donors (Lipinski definition) is 3. The number of para-hydroxylation sites is 1. The zero-order chi connectivity index (χ0) is 20.6. The van der Waals surface area contributed by atoms with E-state index in [2.05, 4.69) is 10.0 Å². The van der Waals surface area contributed by atoms with E-state index in [0.717, 1.165) is 18.9 Å². The first-order chi connectivity index (χ1) is 13.4. The standard InChI is InChI=1S/C19H24N2O6S/c1-3-4-10-20-16-11-14(19(22)23)12-17(28(24,25)21-13-26-2)18(16)27-15-8-6-5-7-9-15/h5-9,11-12,20-21H,3-4,10,13H2,1-2H3,(H,22,23). The molecule has 2 aromatic rings. The smallest absolute Gasteiger partial charge is 0.335 e. The van der Waals surface area contributed by atoms with E-state index in [1.54, 1.807) is 30.3 Å². The second-order valence-corrected chi connectivity index (χ2v) is 7.67. The molecule has 152 valence electrons. The Kier molecular flexibility index (Phi) is 7.80. The molecule has 0 amide bonds. The predicted molar refractivity (Wildman–Crippen MR) is 106 cm³/mol. The SMILES string of the molecule is CCCCNc1cc(C(=O)O)cc(S(=O)(=O)NCOC)c1Oc1ccccc1. The van der Waals surface area contributed by atoms with Crippen LogP contribution in [0.15, 0.2) is 47.4 Å². The highest BCUT2D eigenvalue weighted by atomic mass is 32.2. The summed E-state index contributed by atoms with van der Waals surface area (Å²) in [6, 6.07) is 11.1. The summed E-state index contributed by atoms with van der Waals surface area (Å²) in [5.74, 6) is -0.795. The largest absolute Gasteiger partial charge is 0.478 e. The van der Waals surface area contributed by atoms with Crippen molar-refractivity contribution in [2.45, 2.75) is 24.7 Å². The zero-order valence-electron chi connectivity index (χ0n) is 15.8. The van der Waals surface area contributed by atoms with Crippen LogP contribution in [0.25, 0.3) is 0 Å². The summed E-state index contributed by atoms with van der Waals surface area (Å²) in [6.07, 6.45) is 1.74. The van der Waals surface area contributed by atoms with Gasteiger partial charge in [0.2, 0.25) is 10.0 Å². The Morgan fingerprint density at radius 2 is 1.89 bits per heavy atom. The van der Waals surface area contributed by atoms with E-state index in [-0.39, 0.29) is 28.6 Å². The molecule has 0 saturated heterocycles. The Bertz CT molecular complexity index is 900. The van der Waals surface area contributed by atoms with E-state index in [1.165, 1.54) is 13.2 Å². The number of methoxy groups -OCH3 is 1. The van der Waals surface area contributed by atoms with Gasteiger partial charge in [-0.3, -0.25) is 0 Å². The molecule has 0 bridgehead atoms. The highest BCUT2D eigenvalue weighted by Gasteiger charge is 2.26. The molecule has 0 atom stereocenters. The van der Waals surface area contributed by atoms with Gasteiger partial charge in [0.25, 0.3) is 0 Å². The lowest BCUT2D eigenvalue weighted by Gasteiger charge is -2.18. The number of carboxylic acids is 1. The van der Waals surface area contributed by atoms with Gasteiger partial charge in [-0.05, 0) is 30.7 Å². The van der Waals surface area contributed by atoms with Crippen LogP contribution in [0, 0.1) is 0 Å². The van der Waals surface area contributed by atoms with Crippen molar-refractivity contribution in [3.8, 4) is 11.5 Å². The molecule has 3 N–H and O–H groups in total. The number of anilines is 1. The van der Waals surface area contributed by atoms with Gasteiger partial charge in [0.05, 0.1) is 11.3 Å². The lowest BCUT2D eigenvalue weighted by atomic mass is 10.1. The topological polar surface area (TPSA) is 114 Å². The number of sulfonamides is 1. The molecule has 0 aromatic heterocycles. The van der Waals surface area contributed by atoms with Crippen molar-refractivity contribution in [1.82, 2.24) is 4.72 Å². The fourth-order valence-corrected chi connectivity index (χ4v) is 3.49. The van der Waals surface area contributed by atoms with Crippen LogP contribution in [0.3, 0.4) is 0 Å². The molecule has 9 heteroatoms. The van der Waals surface area contributed by atoms with E-state index in [0.29, 0.717) is 12.3 Å². The van der Waals surface area contributed by atoms with Crippen LogP contribution in [0.4, 0.5) is 5.69 Å². The molecule has 28 heavy (non-hydrogen) atoms. The second-order valence-electron chi connectivity index (χ2n) is 5.93. The molecule has 0 fully saturated rings. The summed E-state index contributed by atoms with van der Waals surface area (Å²) in [4.78, 5) is 11.3. The Morgan fingerprint density at radius 1 is 1.18 bits per heavy atom. The lowest BCUT2D eigenvalue weighted by molar-refractivity contribution is 0.0696. The van der Waals surface area contributed by atoms with Gasteiger partial charge in [0.15, 0.2) is 5.75 Å². The molecule has 2 aromatic carbocycles. The Labute approximate surface area is 164 Å². The number of unbranched alkanes of at least 4 members (excludes halogenated alkanes) is 1. The Hall–Kier alpha value is -2.62. The van der Waals surface area contributed by atoms with Gasteiger partial charge in [-0.2, -0.15) is 4.72 Å². The number of benzene rings is 2. The van der Waals surface area contributed by atoms with Crippen LogP contribution < -0.4 is 14.8 Å². The van der Waals surface area contributed by atoms with E-state index in [9.17, 15) is 18.3 Å². The minimum atomic E-state index is -4.09. The number of carboxylic acid groups (broad SMARTS) is 1. The fourth-order valence-electron chi connectivity index (χ4n) is 2.38. The van der Waals surface area contributed by atoms with Crippen LogP contribution in [0.1, 0.15) is 30.1 Å². The maximum Gasteiger partial charge on any atom is 0.335 e. The van der Waals surface area contributed by atoms with E-state index < -0.39 is 16.0 Å². The summed E-state index contributed by atoms with van der Waals surface area (Å²) in [7, 11) is -2.74. The van der Waals surface area contributed by atoms with Crippen LogP contribution >= 0.6 is 0 Å². The normalized spacial score (nSPS) is 11.2. The van der Waals surface area contributed by atoms with Crippen molar-refractivity contribution in [2.24, 2.45) is 0 Å².